The molecule has 3 N–H and O–H groups in total. The summed E-state index contributed by atoms with van der Waals surface area (Å²) in [6.07, 6.45) is 2.04. The monoisotopic (exact) mass is 356 g/mol. The lowest BCUT2D eigenvalue weighted by Gasteiger charge is -2.22. The average Bonchev–Trinajstić information content (AvgIpc) is 2.63. The van der Waals surface area contributed by atoms with Crippen molar-refractivity contribution in [1.82, 2.24) is 10.3 Å². The van der Waals surface area contributed by atoms with Gasteiger partial charge in [0.15, 0.2) is 0 Å². The molecule has 1 aromatic carbocycles. The summed E-state index contributed by atoms with van der Waals surface area (Å²) < 4.78 is 0. The van der Waals surface area contributed by atoms with Crippen molar-refractivity contribution in [1.29, 1.82) is 0 Å². The number of rotatable bonds is 5. The molecule has 6 nitrogen and oxygen atoms in total. The quantitative estimate of drug-likeness (QED) is 0.766. The van der Waals surface area contributed by atoms with Crippen molar-refractivity contribution < 1.29 is 9.59 Å². The van der Waals surface area contributed by atoms with E-state index in [1.54, 1.807) is 48.7 Å². The lowest BCUT2D eigenvalue weighted by atomic mass is 10.1. The minimum absolute atomic E-state index is 0.0534. The number of nitrogens with zero attached hydrogens (tertiary/aromatic N) is 1. The molecule has 1 atom stereocenters. The molecule has 0 radical (unpaired) electrons. The van der Waals surface area contributed by atoms with E-state index in [-0.39, 0.29) is 17.9 Å². The number of amides is 2. The highest BCUT2D eigenvalue weighted by molar-refractivity contribution is 7.99. The maximum Gasteiger partial charge on any atom is 0.256 e. The van der Waals surface area contributed by atoms with Crippen LogP contribution >= 0.6 is 11.8 Å². The fourth-order valence-electron chi connectivity index (χ4n) is 2.55. The van der Waals surface area contributed by atoms with Gasteiger partial charge in [-0.2, -0.15) is 11.8 Å². The highest BCUT2D eigenvalue weighted by Crippen LogP contribution is 2.15. The van der Waals surface area contributed by atoms with Crippen LogP contribution in [0.5, 0.6) is 0 Å². The maximum absolute atomic E-state index is 12.3. The number of carbonyl (C=O) groups is 2. The number of pyridine rings is 1. The van der Waals surface area contributed by atoms with Gasteiger partial charge >= 0.3 is 0 Å². The van der Waals surface area contributed by atoms with Gasteiger partial charge in [-0.3, -0.25) is 9.59 Å². The van der Waals surface area contributed by atoms with Crippen LogP contribution in [-0.2, 0) is 4.79 Å². The Kier molecular flexibility index (Phi) is 6.03. The summed E-state index contributed by atoms with van der Waals surface area (Å²) in [5, 5.41) is 8.93. The number of aromatic nitrogens is 1. The van der Waals surface area contributed by atoms with Gasteiger partial charge in [0, 0.05) is 48.0 Å². The van der Waals surface area contributed by atoms with Crippen molar-refractivity contribution in [2.24, 2.45) is 0 Å². The van der Waals surface area contributed by atoms with Crippen molar-refractivity contribution in [3.8, 4) is 0 Å². The van der Waals surface area contributed by atoms with Crippen LogP contribution in [0.4, 0.5) is 11.5 Å². The molecule has 0 bridgehead atoms. The standard InChI is InChI=1S/C18H20N4O2S/c23-17(11-15-12-25-9-8-19-15)21-14-5-3-4-13(10-14)18(24)22-16-6-1-2-7-20-16/h1-7,10,15,19H,8-9,11-12H2,(H,21,23)(H,20,22,24). The third-order valence-corrected chi connectivity index (χ3v) is 4.88. The van der Waals surface area contributed by atoms with Gasteiger partial charge in [0.1, 0.15) is 5.82 Å². The second kappa shape index (κ2) is 8.64. The van der Waals surface area contributed by atoms with Gasteiger partial charge in [-0.25, -0.2) is 4.98 Å². The molecule has 130 valence electrons. The Morgan fingerprint density at radius 1 is 1.20 bits per heavy atom. The number of carbonyl (C=O) groups excluding carboxylic acids is 2. The normalized spacial score (nSPS) is 16.9. The number of nitrogens with one attached hydrogen (secondary N) is 3. The van der Waals surface area contributed by atoms with Gasteiger partial charge in [0.2, 0.25) is 5.91 Å². The summed E-state index contributed by atoms with van der Waals surface area (Å²) in [5.74, 6) is 2.20. The fourth-order valence-corrected chi connectivity index (χ4v) is 3.50. The molecule has 1 saturated heterocycles. The van der Waals surface area contributed by atoms with Crippen molar-refractivity contribution in [2.45, 2.75) is 12.5 Å². The van der Waals surface area contributed by atoms with Gasteiger partial charge in [-0.1, -0.05) is 12.1 Å². The minimum Gasteiger partial charge on any atom is -0.326 e. The first-order valence-electron chi connectivity index (χ1n) is 8.14. The molecule has 2 aromatic rings. The molecular weight excluding hydrogens is 336 g/mol. The number of thioether (sulfide) groups is 1. The predicted molar refractivity (Wildman–Crippen MR) is 101 cm³/mol. The third-order valence-electron chi connectivity index (χ3n) is 3.75. The van der Waals surface area contributed by atoms with E-state index < -0.39 is 0 Å². The van der Waals surface area contributed by atoms with Crippen LogP contribution in [-0.4, -0.2) is 40.9 Å². The van der Waals surface area contributed by atoms with E-state index >= 15 is 0 Å². The zero-order valence-electron chi connectivity index (χ0n) is 13.7. The number of anilines is 2. The molecule has 3 rings (SSSR count). The lowest BCUT2D eigenvalue weighted by molar-refractivity contribution is -0.116. The van der Waals surface area contributed by atoms with E-state index in [9.17, 15) is 9.59 Å². The molecule has 1 unspecified atom stereocenters. The largest absolute Gasteiger partial charge is 0.326 e. The van der Waals surface area contributed by atoms with Crippen LogP contribution in [0.15, 0.2) is 48.7 Å². The Balaban J connectivity index is 1.58. The van der Waals surface area contributed by atoms with E-state index in [2.05, 4.69) is 20.9 Å². The van der Waals surface area contributed by atoms with Crippen molar-refractivity contribution in [3.63, 3.8) is 0 Å². The van der Waals surface area contributed by atoms with Gasteiger partial charge < -0.3 is 16.0 Å². The van der Waals surface area contributed by atoms with E-state index in [0.717, 1.165) is 18.1 Å². The van der Waals surface area contributed by atoms with Gasteiger partial charge in [0.05, 0.1) is 0 Å². The first-order valence-corrected chi connectivity index (χ1v) is 9.29. The van der Waals surface area contributed by atoms with Crippen molar-refractivity contribution in [3.05, 3.63) is 54.2 Å². The SMILES string of the molecule is O=C(CC1CSCCN1)Nc1cccc(C(=O)Nc2ccccn2)c1. The van der Waals surface area contributed by atoms with Crippen LogP contribution in [0.25, 0.3) is 0 Å². The second-order valence-electron chi connectivity index (χ2n) is 5.73. The number of hydrogen-bond acceptors (Lipinski definition) is 5. The Bertz CT molecular complexity index is 733. The van der Waals surface area contributed by atoms with Crippen molar-refractivity contribution >= 4 is 35.1 Å². The molecule has 0 saturated carbocycles. The molecule has 25 heavy (non-hydrogen) atoms. The summed E-state index contributed by atoms with van der Waals surface area (Å²) >= 11 is 1.86. The van der Waals surface area contributed by atoms with Crippen LogP contribution in [0.2, 0.25) is 0 Å². The van der Waals surface area contributed by atoms with E-state index in [4.69, 9.17) is 0 Å². The molecule has 0 aliphatic carbocycles. The minimum atomic E-state index is -0.264. The number of hydrogen-bond donors (Lipinski definition) is 3. The lowest BCUT2D eigenvalue weighted by Crippen LogP contribution is -2.39. The summed E-state index contributed by atoms with van der Waals surface area (Å²) in [6.45, 7) is 0.936. The molecule has 2 heterocycles. The first kappa shape index (κ1) is 17.4. The van der Waals surface area contributed by atoms with Gasteiger partial charge in [-0.15, -0.1) is 0 Å². The molecule has 1 aromatic heterocycles. The zero-order chi connectivity index (χ0) is 17.5. The highest BCUT2D eigenvalue weighted by atomic mass is 32.2. The van der Waals surface area contributed by atoms with Crippen molar-refractivity contribution in [2.75, 3.05) is 28.7 Å². The van der Waals surface area contributed by atoms with E-state index in [1.807, 2.05) is 11.8 Å². The summed E-state index contributed by atoms with van der Waals surface area (Å²) in [5.41, 5.74) is 1.08. The maximum atomic E-state index is 12.3. The van der Waals surface area contributed by atoms with E-state index in [0.29, 0.717) is 23.5 Å². The molecule has 1 aliphatic heterocycles. The Labute approximate surface area is 150 Å². The van der Waals surface area contributed by atoms with E-state index in [1.165, 1.54) is 0 Å². The van der Waals surface area contributed by atoms with Crippen LogP contribution in [0.1, 0.15) is 16.8 Å². The number of benzene rings is 1. The van der Waals surface area contributed by atoms with Crippen LogP contribution in [0, 0.1) is 0 Å². The van der Waals surface area contributed by atoms with Crippen LogP contribution < -0.4 is 16.0 Å². The molecule has 7 heteroatoms. The third kappa shape index (κ3) is 5.30. The second-order valence-corrected chi connectivity index (χ2v) is 6.88. The van der Waals surface area contributed by atoms with Crippen LogP contribution in [0.3, 0.4) is 0 Å². The summed E-state index contributed by atoms with van der Waals surface area (Å²) in [4.78, 5) is 28.5. The molecule has 0 spiro atoms. The zero-order valence-corrected chi connectivity index (χ0v) is 14.5. The highest BCUT2D eigenvalue weighted by Gasteiger charge is 2.17. The first-order chi connectivity index (χ1) is 12.2. The Morgan fingerprint density at radius 3 is 2.88 bits per heavy atom. The smallest absolute Gasteiger partial charge is 0.256 e. The topological polar surface area (TPSA) is 83.1 Å². The summed E-state index contributed by atoms with van der Waals surface area (Å²) in [6, 6.07) is 12.4. The Morgan fingerprint density at radius 2 is 2.12 bits per heavy atom. The molecule has 2 amide bonds. The molecule has 1 fully saturated rings. The predicted octanol–water partition coefficient (Wildman–Crippen LogP) is 2.37. The molecular formula is C18H20N4O2S. The van der Waals surface area contributed by atoms with Gasteiger partial charge in [0.25, 0.3) is 5.91 Å². The fraction of sp³-hybridized carbons (Fsp3) is 0.278. The Hall–Kier alpha value is -2.38. The average molecular weight is 356 g/mol. The molecule has 1 aliphatic rings. The summed E-state index contributed by atoms with van der Waals surface area (Å²) in [7, 11) is 0. The van der Waals surface area contributed by atoms with Gasteiger partial charge in [-0.05, 0) is 30.3 Å².